The number of allylic oxidation sites excluding steroid dienone is 1. The van der Waals surface area contributed by atoms with Crippen LogP contribution in [0.4, 0.5) is 0 Å². The summed E-state index contributed by atoms with van der Waals surface area (Å²) in [5.41, 5.74) is 0.124. The summed E-state index contributed by atoms with van der Waals surface area (Å²) < 4.78 is 2.71. The van der Waals surface area contributed by atoms with E-state index in [2.05, 4.69) is 16.5 Å². The van der Waals surface area contributed by atoms with E-state index in [-0.39, 0.29) is 17.8 Å². The summed E-state index contributed by atoms with van der Waals surface area (Å²) in [7, 11) is 0. The van der Waals surface area contributed by atoms with Gasteiger partial charge in [-0.25, -0.2) is 9.78 Å². The van der Waals surface area contributed by atoms with Gasteiger partial charge in [0, 0.05) is 13.1 Å². The molecule has 0 aliphatic carbocycles. The third kappa shape index (κ3) is 1.90. The minimum Gasteiger partial charge on any atom is -0.339 e. The van der Waals surface area contributed by atoms with Crippen LogP contribution in [0, 0.1) is 0 Å². The lowest BCUT2D eigenvalue weighted by atomic mass is 10.3. The van der Waals surface area contributed by atoms with Crippen LogP contribution in [0.25, 0.3) is 11.2 Å². The van der Waals surface area contributed by atoms with Gasteiger partial charge in [0.25, 0.3) is 5.56 Å². The third-order valence-corrected chi connectivity index (χ3v) is 2.84. The second-order valence-corrected chi connectivity index (χ2v) is 4.09. The average molecular weight is 248 g/mol. The van der Waals surface area contributed by atoms with Gasteiger partial charge in [0.2, 0.25) is 0 Å². The zero-order chi connectivity index (χ0) is 13.1. The number of imidazole rings is 1. The second kappa shape index (κ2) is 5.03. The molecular formula is C12H16N4O2. The first kappa shape index (κ1) is 12.3. The Hall–Kier alpha value is -2.11. The Bertz CT molecular complexity index is 677. The molecule has 2 rings (SSSR count). The lowest BCUT2D eigenvalue weighted by Gasteiger charge is -2.09. The van der Waals surface area contributed by atoms with Gasteiger partial charge >= 0.3 is 5.69 Å². The van der Waals surface area contributed by atoms with E-state index in [0.29, 0.717) is 17.7 Å². The summed E-state index contributed by atoms with van der Waals surface area (Å²) in [6.45, 7) is 6.38. The molecule has 96 valence electrons. The van der Waals surface area contributed by atoms with Gasteiger partial charge < -0.3 is 4.98 Å². The maximum Gasteiger partial charge on any atom is 0.333 e. The van der Waals surface area contributed by atoms with Crippen LogP contribution in [0.5, 0.6) is 0 Å². The van der Waals surface area contributed by atoms with Crippen molar-refractivity contribution in [1.29, 1.82) is 0 Å². The molecule has 0 saturated carbocycles. The summed E-state index contributed by atoms with van der Waals surface area (Å²) in [6, 6.07) is 0. The van der Waals surface area contributed by atoms with E-state index in [1.807, 2.05) is 6.92 Å². The van der Waals surface area contributed by atoms with E-state index >= 15 is 0 Å². The van der Waals surface area contributed by atoms with Gasteiger partial charge in [0.15, 0.2) is 5.65 Å². The van der Waals surface area contributed by atoms with Gasteiger partial charge in [-0.05, 0) is 6.42 Å². The van der Waals surface area contributed by atoms with Gasteiger partial charge in [0.05, 0.1) is 6.33 Å². The highest BCUT2D eigenvalue weighted by Gasteiger charge is 2.13. The minimum atomic E-state index is -0.347. The number of fused-ring (bicyclic) bond motifs is 1. The van der Waals surface area contributed by atoms with Crippen LogP contribution in [0.15, 0.2) is 28.6 Å². The average Bonchev–Trinajstić information content (AvgIpc) is 2.84. The topological polar surface area (TPSA) is 72.7 Å². The molecule has 0 atom stereocenters. The molecule has 0 bridgehead atoms. The lowest BCUT2D eigenvalue weighted by Crippen LogP contribution is -2.39. The number of hydrogen-bond acceptors (Lipinski definition) is 3. The standard InChI is InChI=1S/C12H16N4O2/c1-3-5-7-15-10-9(13-8-14-10)11(17)16(6-4-2)12(15)18/h4,8H,2-3,5-7H2,1H3,(H,13,14). The highest BCUT2D eigenvalue weighted by atomic mass is 16.2. The number of nitrogens with zero attached hydrogens (tertiary/aromatic N) is 3. The predicted octanol–water partition coefficient (Wildman–Crippen LogP) is 0.872. The van der Waals surface area contributed by atoms with E-state index < -0.39 is 0 Å². The first-order valence-corrected chi connectivity index (χ1v) is 5.98. The molecule has 0 aliphatic heterocycles. The van der Waals surface area contributed by atoms with Crippen molar-refractivity contribution in [1.82, 2.24) is 19.1 Å². The molecule has 0 aromatic carbocycles. The van der Waals surface area contributed by atoms with Crippen LogP contribution in [-0.4, -0.2) is 19.1 Å². The van der Waals surface area contributed by atoms with Crippen LogP contribution in [-0.2, 0) is 13.1 Å². The molecule has 2 aromatic rings. The van der Waals surface area contributed by atoms with Gasteiger partial charge in [-0.1, -0.05) is 19.4 Å². The molecule has 0 unspecified atom stereocenters. The fourth-order valence-corrected chi connectivity index (χ4v) is 1.92. The molecule has 6 heteroatoms. The minimum absolute atomic E-state index is 0.207. The maximum absolute atomic E-state index is 12.2. The number of unbranched alkanes of at least 4 members (excludes halogenated alkanes) is 1. The Balaban J connectivity index is 2.74. The van der Waals surface area contributed by atoms with Gasteiger partial charge in [-0.3, -0.25) is 13.9 Å². The Labute approximate surface area is 104 Å². The molecule has 0 aliphatic rings. The fourth-order valence-electron chi connectivity index (χ4n) is 1.92. The summed E-state index contributed by atoms with van der Waals surface area (Å²) >= 11 is 0. The normalized spacial score (nSPS) is 10.9. The molecule has 0 spiro atoms. The van der Waals surface area contributed by atoms with Crippen molar-refractivity contribution < 1.29 is 0 Å². The van der Waals surface area contributed by atoms with E-state index in [9.17, 15) is 9.59 Å². The molecule has 2 aromatic heterocycles. The van der Waals surface area contributed by atoms with Crippen molar-refractivity contribution >= 4 is 11.2 Å². The molecule has 6 nitrogen and oxygen atoms in total. The first-order chi connectivity index (χ1) is 8.70. The number of hydrogen-bond donors (Lipinski definition) is 1. The molecule has 0 amide bonds. The number of aromatic nitrogens is 4. The van der Waals surface area contributed by atoms with Crippen molar-refractivity contribution in [3.63, 3.8) is 0 Å². The van der Waals surface area contributed by atoms with E-state index in [4.69, 9.17) is 0 Å². The van der Waals surface area contributed by atoms with Crippen LogP contribution in [0.1, 0.15) is 19.8 Å². The number of rotatable bonds is 5. The maximum atomic E-state index is 12.2. The number of aryl methyl sites for hydroxylation is 1. The largest absolute Gasteiger partial charge is 0.339 e. The van der Waals surface area contributed by atoms with Crippen LogP contribution < -0.4 is 11.2 Å². The smallest absolute Gasteiger partial charge is 0.333 e. The summed E-state index contributed by atoms with van der Waals surface area (Å²) in [4.78, 5) is 31.1. The van der Waals surface area contributed by atoms with Crippen molar-refractivity contribution in [3.8, 4) is 0 Å². The molecule has 18 heavy (non-hydrogen) atoms. The Morgan fingerprint density at radius 1 is 1.44 bits per heavy atom. The van der Waals surface area contributed by atoms with Crippen LogP contribution in [0.3, 0.4) is 0 Å². The van der Waals surface area contributed by atoms with Gasteiger partial charge in [-0.15, -0.1) is 6.58 Å². The summed E-state index contributed by atoms with van der Waals surface area (Å²) in [6.07, 6.45) is 4.81. The van der Waals surface area contributed by atoms with Gasteiger partial charge in [-0.2, -0.15) is 0 Å². The van der Waals surface area contributed by atoms with E-state index in [1.165, 1.54) is 17.0 Å². The van der Waals surface area contributed by atoms with Crippen molar-refractivity contribution in [2.24, 2.45) is 0 Å². The predicted molar refractivity (Wildman–Crippen MR) is 69.7 cm³/mol. The molecule has 2 heterocycles. The number of H-pyrrole nitrogens is 1. The van der Waals surface area contributed by atoms with E-state index in [1.54, 1.807) is 4.57 Å². The van der Waals surface area contributed by atoms with Crippen molar-refractivity contribution in [2.75, 3.05) is 0 Å². The Morgan fingerprint density at radius 3 is 2.89 bits per heavy atom. The molecule has 0 radical (unpaired) electrons. The molecule has 0 saturated heterocycles. The Kier molecular flexibility index (Phi) is 3.45. The quantitative estimate of drug-likeness (QED) is 0.798. The Morgan fingerprint density at radius 2 is 2.22 bits per heavy atom. The van der Waals surface area contributed by atoms with Crippen LogP contribution in [0.2, 0.25) is 0 Å². The van der Waals surface area contributed by atoms with Crippen molar-refractivity contribution in [2.45, 2.75) is 32.9 Å². The zero-order valence-electron chi connectivity index (χ0n) is 10.3. The van der Waals surface area contributed by atoms with E-state index in [0.717, 1.165) is 12.8 Å². The highest BCUT2D eigenvalue weighted by Crippen LogP contribution is 2.03. The third-order valence-electron chi connectivity index (χ3n) is 2.84. The van der Waals surface area contributed by atoms with Crippen LogP contribution >= 0.6 is 0 Å². The lowest BCUT2D eigenvalue weighted by molar-refractivity contribution is 0.572. The molecule has 0 fully saturated rings. The van der Waals surface area contributed by atoms with Gasteiger partial charge in [0.1, 0.15) is 5.52 Å². The zero-order valence-corrected chi connectivity index (χ0v) is 10.3. The second-order valence-electron chi connectivity index (χ2n) is 4.09. The summed E-state index contributed by atoms with van der Waals surface area (Å²) in [5.74, 6) is 0. The molecule has 1 N–H and O–H groups in total. The fraction of sp³-hybridized carbons (Fsp3) is 0.417. The summed E-state index contributed by atoms with van der Waals surface area (Å²) in [5, 5.41) is 0. The first-order valence-electron chi connectivity index (χ1n) is 5.98. The number of nitrogens with one attached hydrogen (secondary N) is 1. The highest BCUT2D eigenvalue weighted by molar-refractivity contribution is 5.68. The molecular weight excluding hydrogens is 232 g/mol. The number of aromatic amines is 1. The SMILES string of the molecule is C=CCn1c(=O)c2[nH]cnc2n(CCCC)c1=O. The van der Waals surface area contributed by atoms with Crippen molar-refractivity contribution in [3.05, 3.63) is 39.8 Å². The monoisotopic (exact) mass is 248 g/mol.